The molecule has 6 nitrogen and oxygen atoms in total. The highest BCUT2D eigenvalue weighted by atomic mass is 16.5. The van der Waals surface area contributed by atoms with E-state index < -0.39 is 0 Å². The van der Waals surface area contributed by atoms with E-state index in [0.29, 0.717) is 17.9 Å². The lowest BCUT2D eigenvalue weighted by molar-refractivity contribution is 0.0951. The molecule has 0 saturated carbocycles. The Morgan fingerprint density at radius 3 is 2.85 bits per heavy atom. The number of carbonyl (C=O) groups is 1. The second-order valence-electron chi connectivity index (χ2n) is 6.70. The van der Waals surface area contributed by atoms with Gasteiger partial charge < -0.3 is 19.4 Å². The first-order valence-corrected chi connectivity index (χ1v) is 9.18. The molecule has 140 valence electrons. The van der Waals surface area contributed by atoms with Crippen LogP contribution in [0.3, 0.4) is 0 Å². The van der Waals surface area contributed by atoms with Gasteiger partial charge in [-0.05, 0) is 43.2 Å². The van der Waals surface area contributed by atoms with Gasteiger partial charge in [0.15, 0.2) is 0 Å². The normalized spacial score (nSPS) is 13.3. The molecule has 0 bridgehead atoms. The van der Waals surface area contributed by atoms with Gasteiger partial charge in [-0.3, -0.25) is 4.79 Å². The Morgan fingerprint density at radius 1 is 1.15 bits per heavy atom. The van der Waals surface area contributed by atoms with Crippen molar-refractivity contribution in [1.29, 1.82) is 0 Å². The van der Waals surface area contributed by atoms with Crippen LogP contribution < -0.4 is 14.8 Å². The Kier molecular flexibility index (Phi) is 4.71. The van der Waals surface area contributed by atoms with Crippen molar-refractivity contribution in [2.45, 2.75) is 32.4 Å². The highest BCUT2D eigenvalue weighted by molar-refractivity contribution is 5.97. The fourth-order valence-corrected chi connectivity index (χ4v) is 3.59. The van der Waals surface area contributed by atoms with E-state index >= 15 is 0 Å². The molecule has 0 aliphatic carbocycles. The quantitative estimate of drug-likeness (QED) is 0.753. The minimum Gasteiger partial charge on any atom is -0.497 e. The van der Waals surface area contributed by atoms with Crippen LogP contribution in [0.4, 0.5) is 0 Å². The van der Waals surface area contributed by atoms with Crippen molar-refractivity contribution in [2.75, 3.05) is 14.2 Å². The fraction of sp³-hybridized carbons (Fsp3) is 0.333. The van der Waals surface area contributed by atoms with Gasteiger partial charge in [-0.1, -0.05) is 0 Å². The number of hydrogen-bond donors (Lipinski definition) is 1. The van der Waals surface area contributed by atoms with Gasteiger partial charge >= 0.3 is 0 Å². The third-order valence-corrected chi connectivity index (χ3v) is 5.06. The zero-order valence-corrected chi connectivity index (χ0v) is 15.6. The topological polar surface area (TPSA) is 65.4 Å². The van der Waals surface area contributed by atoms with Crippen molar-refractivity contribution in [1.82, 2.24) is 14.9 Å². The highest BCUT2D eigenvalue weighted by Gasteiger charge is 2.16. The number of imidazole rings is 1. The van der Waals surface area contributed by atoms with Crippen LogP contribution in [0, 0.1) is 0 Å². The number of nitrogens with one attached hydrogen (secondary N) is 1. The van der Waals surface area contributed by atoms with Crippen molar-refractivity contribution in [3.63, 3.8) is 0 Å². The Hall–Kier alpha value is -3.02. The SMILES string of the molecule is COc1ccc(CNC(=O)c2ccc3c(c2)nc2n3CCCC2)c(OC)c1. The van der Waals surface area contributed by atoms with E-state index in [1.165, 1.54) is 12.8 Å². The summed E-state index contributed by atoms with van der Waals surface area (Å²) in [6.07, 6.45) is 3.37. The molecule has 6 heteroatoms. The standard InChI is InChI=1S/C21H23N3O3/c1-26-16-8-6-15(19(12-16)27-2)13-22-21(25)14-7-9-18-17(11-14)23-20-5-3-4-10-24(18)20/h6-9,11-12H,3-5,10,13H2,1-2H3,(H,22,25). The molecule has 0 atom stereocenters. The lowest BCUT2D eigenvalue weighted by atomic mass is 10.1. The zero-order chi connectivity index (χ0) is 18.8. The molecule has 1 N–H and O–H groups in total. The van der Waals surface area contributed by atoms with Gasteiger partial charge in [0.1, 0.15) is 17.3 Å². The molecule has 0 radical (unpaired) electrons. The summed E-state index contributed by atoms with van der Waals surface area (Å²) < 4.78 is 12.9. The van der Waals surface area contributed by atoms with Crippen molar-refractivity contribution >= 4 is 16.9 Å². The monoisotopic (exact) mass is 365 g/mol. The number of amides is 1. The van der Waals surface area contributed by atoms with E-state index in [4.69, 9.17) is 14.5 Å². The Labute approximate surface area is 158 Å². The second kappa shape index (κ2) is 7.31. The molecular weight excluding hydrogens is 342 g/mol. The molecule has 1 aromatic heterocycles. The summed E-state index contributed by atoms with van der Waals surface area (Å²) in [6, 6.07) is 11.3. The molecule has 1 aliphatic heterocycles. The number of fused-ring (bicyclic) bond motifs is 3. The van der Waals surface area contributed by atoms with E-state index in [0.717, 1.165) is 41.1 Å². The third-order valence-electron chi connectivity index (χ3n) is 5.06. The van der Waals surface area contributed by atoms with Crippen LogP contribution in [0.5, 0.6) is 11.5 Å². The van der Waals surface area contributed by atoms with Crippen LogP contribution >= 0.6 is 0 Å². The van der Waals surface area contributed by atoms with Crippen LogP contribution in [0.25, 0.3) is 11.0 Å². The molecule has 0 spiro atoms. The first-order valence-electron chi connectivity index (χ1n) is 9.18. The Balaban J connectivity index is 1.51. The summed E-state index contributed by atoms with van der Waals surface area (Å²) in [5.41, 5.74) is 3.51. The smallest absolute Gasteiger partial charge is 0.251 e. The number of aromatic nitrogens is 2. The van der Waals surface area contributed by atoms with Gasteiger partial charge in [0, 0.05) is 36.7 Å². The summed E-state index contributed by atoms with van der Waals surface area (Å²) in [6.45, 7) is 1.39. The lowest BCUT2D eigenvalue weighted by Gasteiger charge is -2.13. The molecule has 4 rings (SSSR count). The van der Waals surface area contributed by atoms with Gasteiger partial charge in [0.2, 0.25) is 0 Å². The summed E-state index contributed by atoms with van der Waals surface area (Å²) in [5.74, 6) is 2.40. The summed E-state index contributed by atoms with van der Waals surface area (Å²) >= 11 is 0. The fourth-order valence-electron chi connectivity index (χ4n) is 3.59. The predicted molar refractivity (Wildman–Crippen MR) is 103 cm³/mol. The van der Waals surface area contributed by atoms with Crippen LogP contribution in [0.15, 0.2) is 36.4 Å². The van der Waals surface area contributed by atoms with Crippen molar-refractivity contribution in [2.24, 2.45) is 0 Å². The summed E-state index contributed by atoms with van der Waals surface area (Å²) in [7, 11) is 3.22. The number of rotatable bonds is 5. The highest BCUT2D eigenvalue weighted by Crippen LogP contribution is 2.25. The van der Waals surface area contributed by atoms with Gasteiger partial charge in [0.05, 0.1) is 25.3 Å². The van der Waals surface area contributed by atoms with Crippen LogP contribution in [0.1, 0.15) is 34.6 Å². The molecule has 2 heterocycles. The summed E-state index contributed by atoms with van der Waals surface area (Å²) in [4.78, 5) is 17.3. The van der Waals surface area contributed by atoms with E-state index in [9.17, 15) is 4.79 Å². The molecular formula is C21H23N3O3. The molecule has 3 aromatic rings. The molecule has 0 unspecified atom stereocenters. The van der Waals surface area contributed by atoms with E-state index in [2.05, 4.69) is 9.88 Å². The van der Waals surface area contributed by atoms with Crippen LogP contribution in [-0.2, 0) is 19.5 Å². The number of nitrogens with zero attached hydrogens (tertiary/aromatic N) is 2. The second-order valence-corrected chi connectivity index (χ2v) is 6.70. The number of aryl methyl sites for hydroxylation is 2. The van der Waals surface area contributed by atoms with Gasteiger partial charge in [-0.25, -0.2) is 4.98 Å². The molecule has 1 aliphatic rings. The zero-order valence-electron chi connectivity index (χ0n) is 15.6. The van der Waals surface area contributed by atoms with Crippen LogP contribution in [-0.4, -0.2) is 29.7 Å². The maximum atomic E-state index is 12.6. The minimum atomic E-state index is -0.124. The predicted octanol–water partition coefficient (Wildman–Crippen LogP) is 3.32. The van der Waals surface area contributed by atoms with Crippen LogP contribution in [0.2, 0.25) is 0 Å². The number of hydrogen-bond acceptors (Lipinski definition) is 4. The van der Waals surface area contributed by atoms with Gasteiger partial charge in [0.25, 0.3) is 5.91 Å². The van der Waals surface area contributed by atoms with Gasteiger partial charge in [-0.15, -0.1) is 0 Å². The van der Waals surface area contributed by atoms with E-state index in [-0.39, 0.29) is 5.91 Å². The average molecular weight is 365 g/mol. The van der Waals surface area contributed by atoms with E-state index in [1.54, 1.807) is 14.2 Å². The van der Waals surface area contributed by atoms with Crippen molar-refractivity contribution < 1.29 is 14.3 Å². The van der Waals surface area contributed by atoms with E-state index in [1.807, 2.05) is 36.4 Å². The molecule has 2 aromatic carbocycles. The number of carbonyl (C=O) groups excluding carboxylic acids is 1. The average Bonchev–Trinajstić information content (AvgIpc) is 3.09. The first kappa shape index (κ1) is 17.4. The largest absolute Gasteiger partial charge is 0.497 e. The molecule has 0 fully saturated rings. The first-order chi connectivity index (χ1) is 13.2. The summed E-state index contributed by atoms with van der Waals surface area (Å²) in [5, 5.41) is 2.96. The maximum absolute atomic E-state index is 12.6. The molecule has 27 heavy (non-hydrogen) atoms. The molecule has 1 amide bonds. The molecule has 0 saturated heterocycles. The number of ether oxygens (including phenoxy) is 2. The number of methoxy groups -OCH3 is 2. The Morgan fingerprint density at radius 2 is 2.04 bits per heavy atom. The van der Waals surface area contributed by atoms with Crippen molar-refractivity contribution in [3.05, 3.63) is 53.3 Å². The van der Waals surface area contributed by atoms with Crippen molar-refractivity contribution in [3.8, 4) is 11.5 Å². The lowest BCUT2D eigenvalue weighted by Crippen LogP contribution is -2.23. The van der Waals surface area contributed by atoms with Gasteiger partial charge in [-0.2, -0.15) is 0 Å². The minimum absolute atomic E-state index is 0.124. The maximum Gasteiger partial charge on any atom is 0.251 e. The third kappa shape index (κ3) is 3.35. The Bertz CT molecular complexity index is 994. The number of benzene rings is 2.